The van der Waals surface area contributed by atoms with Gasteiger partial charge in [0.25, 0.3) is 0 Å². The molecule has 3 nitrogen and oxygen atoms in total. The van der Waals surface area contributed by atoms with Crippen molar-refractivity contribution in [2.24, 2.45) is 5.92 Å². The molecule has 2 rings (SSSR count). The molecule has 1 amide bonds. The summed E-state index contributed by atoms with van der Waals surface area (Å²) < 4.78 is 0. The Morgan fingerprint density at radius 2 is 2.20 bits per heavy atom. The summed E-state index contributed by atoms with van der Waals surface area (Å²) in [6, 6.07) is 0.0707. The van der Waals surface area contributed by atoms with Gasteiger partial charge in [0, 0.05) is 25.2 Å². The van der Waals surface area contributed by atoms with E-state index in [2.05, 4.69) is 5.32 Å². The van der Waals surface area contributed by atoms with Crippen LogP contribution in [0.4, 0.5) is 0 Å². The Morgan fingerprint density at radius 1 is 1.47 bits per heavy atom. The van der Waals surface area contributed by atoms with Gasteiger partial charge in [0.1, 0.15) is 0 Å². The molecule has 1 N–H and O–H groups in total. The number of rotatable bonds is 3. The van der Waals surface area contributed by atoms with Crippen LogP contribution in [0.15, 0.2) is 0 Å². The van der Waals surface area contributed by atoms with Crippen LogP contribution in [0.1, 0.15) is 25.7 Å². The predicted octanol–water partition coefficient (Wildman–Crippen LogP) is 1.30. The fourth-order valence-corrected chi connectivity index (χ4v) is 3.42. The average molecular weight is 228 g/mol. The largest absolute Gasteiger partial charge is 0.344 e. The number of amides is 1. The van der Waals surface area contributed by atoms with E-state index in [-0.39, 0.29) is 11.9 Å². The summed E-state index contributed by atoms with van der Waals surface area (Å²) in [7, 11) is 1.95. The maximum atomic E-state index is 12.0. The lowest BCUT2D eigenvalue weighted by Gasteiger charge is -2.23. The highest BCUT2D eigenvalue weighted by atomic mass is 32.2. The Balaban J connectivity index is 1.78. The Bertz CT molecular complexity index is 223. The summed E-state index contributed by atoms with van der Waals surface area (Å²) in [5.74, 6) is 2.90. The maximum absolute atomic E-state index is 12.0. The lowest BCUT2D eigenvalue weighted by atomic mass is 10.1. The highest BCUT2D eigenvalue weighted by Gasteiger charge is 2.27. The Kier molecular flexibility index (Phi) is 3.92. The van der Waals surface area contributed by atoms with Crippen LogP contribution in [0, 0.1) is 5.92 Å². The molecule has 1 unspecified atom stereocenters. The minimum Gasteiger partial charge on any atom is -0.344 e. The van der Waals surface area contributed by atoms with Gasteiger partial charge in [-0.1, -0.05) is 12.8 Å². The molecule has 86 valence electrons. The number of hydrogen-bond acceptors (Lipinski definition) is 3. The number of carbonyl (C=O) groups is 1. The first kappa shape index (κ1) is 11.3. The maximum Gasteiger partial charge on any atom is 0.240 e. The van der Waals surface area contributed by atoms with Crippen LogP contribution in [0.5, 0.6) is 0 Å². The summed E-state index contributed by atoms with van der Waals surface area (Å²) in [6.45, 7) is 0.960. The van der Waals surface area contributed by atoms with Gasteiger partial charge in [0.2, 0.25) is 5.91 Å². The Morgan fingerprint density at radius 3 is 2.80 bits per heavy atom. The van der Waals surface area contributed by atoms with Crippen molar-refractivity contribution in [3.05, 3.63) is 0 Å². The highest BCUT2D eigenvalue weighted by molar-refractivity contribution is 7.99. The molecule has 0 aromatic heterocycles. The van der Waals surface area contributed by atoms with Crippen LogP contribution in [0.25, 0.3) is 0 Å². The molecule has 1 aliphatic heterocycles. The fourth-order valence-electron chi connectivity index (χ4n) is 2.49. The molecule has 2 aliphatic rings. The number of likely N-dealkylation sites (N-methyl/N-ethyl adjacent to an activating group) is 1. The van der Waals surface area contributed by atoms with Gasteiger partial charge in [0.05, 0.1) is 6.04 Å². The van der Waals surface area contributed by atoms with Crippen molar-refractivity contribution in [2.75, 3.05) is 25.2 Å². The van der Waals surface area contributed by atoms with Gasteiger partial charge in [0.15, 0.2) is 0 Å². The van der Waals surface area contributed by atoms with Crippen molar-refractivity contribution >= 4 is 17.7 Å². The van der Waals surface area contributed by atoms with Crippen LogP contribution in [-0.2, 0) is 4.79 Å². The second-order valence-corrected chi connectivity index (χ2v) is 5.67. The van der Waals surface area contributed by atoms with E-state index in [1.54, 1.807) is 0 Å². The second-order valence-electron chi connectivity index (χ2n) is 4.64. The highest BCUT2D eigenvalue weighted by Crippen LogP contribution is 2.25. The van der Waals surface area contributed by atoms with E-state index in [4.69, 9.17) is 0 Å². The van der Waals surface area contributed by atoms with Crippen molar-refractivity contribution in [3.63, 3.8) is 0 Å². The first-order valence-corrected chi connectivity index (χ1v) is 6.99. The predicted molar refractivity (Wildman–Crippen MR) is 63.8 cm³/mol. The summed E-state index contributed by atoms with van der Waals surface area (Å²) in [6.07, 6.45) is 5.32. The molecule has 1 aliphatic carbocycles. The molecule has 0 spiro atoms. The Hall–Kier alpha value is -0.220. The zero-order valence-electron chi connectivity index (χ0n) is 9.37. The van der Waals surface area contributed by atoms with Crippen LogP contribution in [-0.4, -0.2) is 42.1 Å². The molecular weight excluding hydrogens is 208 g/mol. The SMILES string of the molecule is CN(CC1CCCC1)C(=O)C1CSCN1. The quantitative estimate of drug-likeness (QED) is 0.790. The van der Waals surface area contributed by atoms with E-state index in [1.165, 1.54) is 25.7 Å². The zero-order valence-corrected chi connectivity index (χ0v) is 10.2. The normalized spacial score (nSPS) is 27.1. The van der Waals surface area contributed by atoms with Gasteiger partial charge in [-0.15, -0.1) is 11.8 Å². The van der Waals surface area contributed by atoms with Crippen LogP contribution in [0.3, 0.4) is 0 Å². The molecule has 1 atom stereocenters. The molecule has 0 aromatic carbocycles. The zero-order chi connectivity index (χ0) is 10.7. The number of carbonyl (C=O) groups excluding carboxylic acids is 1. The standard InChI is InChI=1S/C11H20N2OS/c1-13(6-9-4-2-3-5-9)11(14)10-7-15-8-12-10/h9-10,12H,2-8H2,1H3. The van der Waals surface area contributed by atoms with Gasteiger partial charge < -0.3 is 4.90 Å². The van der Waals surface area contributed by atoms with E-state index >= 15 is 0 Å². The molecule has 1 saturated heterocycles. The minimum atomic E-state index is 0.0707. The topological polar surface area (TPSA) is 32.3 Å². The molecule has 1 saturated carbocycles. The van der Waals surface area contributed by atoms with E-state index in [1.807, 2.05) is 23.7 Å². The molecule has 0 radical (unpaired) electrons. The summed E-state index contributed by atoms with van der Waals surface area (Å²) in [5.41, 5.74) is 0. The first-order valence-electron chi connectivity index (χ1n) is 5.83. The van der Waals surface area contributed by atoms with E-state index in [9.17, 15) is 4.79 Å². The third-order valence-corrected chi connectivity index (χ3v) is 4.34. The molecular formula is C11H20N2OS. The van der Waals surface area contributed by atoms with Crippen molar-refractivity contribution < 1.29 is 4.79 Å². The fraction of sp³-hybridized carbons (Fsp3) is 0.909. The Labute approximate surface area is 96.0 Å². The molecule has 0 bridgehead atoms. The monoisotopic (exact) mass is 228 g/mol. The van der Waals surface area contributed by atoms with E-state index < -0.39 is 0 Å². The summed E-state index contributed by atoms with van der Waals surface area (Å²) >= 11 is 1.81. The van der Waals surface area contributed by atoms with Crippen molar-refractivity contribution in [3.8, 4) is 0 Å². The van der Waals surface area contributed by atoms with Gasteiger partial charge in [-0.05, 0) is 18.8 Å². The van der Waals surface area contributed by atoms with E-state index in [0.29, 0.717) is 0 Å². The number of nitrogens with one attached hydrogen (secondary N) is 1. The van der Waals surface area contributed by atoms with Crippen LogP contribution >= 0.6 is 11.8 Å². The molecule has 4 heteroatoms. The summed E-state index contributed by atoms with van der Waals surface area (Å²) in [4.78, 5) is 13.9. The number of nitrogens with zero attached hydrogens (tertiary/aromatic N) is 1. The van der Waals surface area contributed by atoms with Gasteiger partial charge in [-0.2, -0.15) is 0 Å². The lowest BCUT2D eigenvalue weighted by molar-refractivity contribution is -0.131. The van der Waals surface area contributed by atoms with Gasteiger partial charge in [-0.25, -0.2) is 0 Å². The second kappa shape index (κ2) is 5.21. The van der Waals surface area contributed by atoms with Crippen molar-refractivity contribution in [1.29, 1.82) is 0 Å². The van der Waals surface area contributed by atoms with Crippen molar-refractivity contribution in [2.45, 2.75) is 31.7 Å². The number of thioether (sulfide) groups is 1. The van der Waals surface area contributed by atoms with Gasteiger partial charge >= 0.3 is 0 Å². The smallest absolute Gasteiger partial charge is 0.240 e. The molecule has 15 heavy (non-hydrogen) atoms. The summed E-state index contributed by atoms with van der Waals surface area (Å²) in [5, 5.41) is 3.23. The van der Waals surface area contributed by atoms with E-state index in [0.717, 1.165) is 24.1 Å². The van der Waals surface area contributed by atoms with Crippen LogP contribution in [0.2, 0.25) is 0 Å². The average Bonchev–Trinajstić information content (AvgIpc) is 2.88. The molecule has 1 heterocycles. The minimum absolute atomic E-state index is 0.0707. The van der Waals surface area contributed by atoms with Gasteiger partial charge in [-0.3, -0.25) is 10.1 Å². The number of hydrogen-bond donors (Lipinski definition) is 1. The van der Waals surface area contributed by atoms with Crippen molar-refractivity contribution in [1.82, 2.24) is 10.2 Å². The molecule has 0 aromatic rings. The van der Waals surface area contributed by atoms with Crippen LogP contribution < -0.4 is 5.32 Å². The third-order valence-electron chi connectivity index (χ3n) is 3.40. The third kappa shape index (κ3) is 2.88. The first-order chi connectivity index (χ1) is 7.27. The lowest BCUT2D eigenvalue weighted by Crippen LogP contribution is -2.44. The molecule has 2 fully saturated rings.